The van der Waals surface area contributed by atoms with Gasteiger partial charge in [0.1, 0.15) is 0 Å². The largest absolute Gasteiger partial charge is 0.314 e. The minimum absolute atomic E-state index is 0.670. The molecule has 1 aromatic rings. The molecule has 1 aliphatic rings. The van der Waals surface area contributed by atoms with Crippen LogP contribution in [-0.4, -0.2) is 22.4 Å². The van der Waals surface area contributed by atoms with E-state index in [0.29, 0.717) is 6.04 Å². The molecular formula is C14H25N3. The van der Waals surface area contributed by atoms with E-state index >= 15 is 0 Å². The first kappa shape index (κ1) is 12.6. The fraction of sp³-hybridized carbons (Fsp3) is 0.786. The van der Waals surface area contributed by atoms with Gasteiger partial charge in [0.25, 0.3) is 0 Å². The van der Waals surface area contributed by atoms with Crippen LogP contribution in [0.5, 0.6) is 0 Å². The second-order valence-corrected chi connectivity index (χ2v) is 5.34. The summed E-state index contributed by atoms with van der Waals surface area (Å²) >= 11 is 0. The van der Waals surface area contributed by atoms with E-state index in [0.717, 1.165) is 18.9 Å². The molecule has 0 amide bonds. The quantitative estimate of drug-likeness (QED) is 0.850. The van der Waals surface area contributed by atoms with Crippen molar-refractivity contribution in [2.75, 3.05) is 6.54 Å². The maximum Gasteiger partial charge on any atom is 0.0492 e. The van der Waals surface area contributed by atoms with Crippen LogP contribution in [0.4, 0.5) is 0 Å². The molecule has 96 valence electrons. The van der Waals surface area contributed by atoms with Crippen LogP contribution in [0.1, 0.15) is 44.7 Å². The highest BCUT2D eigenvalue weighted by molar-refractivity contribution is 5.00. The van der Waals surface area contributed by atoms with Crippen LogP contribution < -0.4 is 5.32 Å². The van der Waals surface area contributed by atoms with Crippen molar-refractivity contribution in [2.24, 2.45) is 13.0 Å². The lowest BCUT2D eigenvalue weighted by atomic mass is 9.84. The van der Waals surface area contributed by atoms with E-state index in [1.54, 1.807) is 0 Å². The van der Waals surface area contributed by atoms with Gasteiger partial charge < -0.3 is 5.32 Å². The van der Waals surface area contributed by atoms with Gasteiger partial charge in [0.15, 0.2) is 0 Å². The van der Waals surface area contributed by atoms with Crippen LogP contribution in [0.25, 0.3) is 0 Å². The normalized spacial score (nSPS) is 19.4. The van der Waals surface area contributed by atoms with Crippen molar-refractivity contribution in [3.63, 3.8) is 0 Å². The third-order valence-corrected chi connectivity index (χ3v) is 4.13. The molecule has 0 bridgehead atoms. The average molecular weight is 235 g/mol. The van der Waals surface area contributed by atoms with Crippen LogP contribution >= 0.6 is 0 Å². The average Bonchev–Trinajstić information content (AvgIpc) is 2.76. The van der Waals surface area contributed by atoms with Crippen LogP contribution in [0.3, 0.4) is 0 Å². The van der Waals surface area contributed by atoms with Crippen LogP contribution in [0.2, 0.25) is 0 Å². The number of hydrogen-bond acceptors (Lipinski definition) is 2. The maximum atomic E-state index is 4.19. The first-order valence-electron chi connectivity index (χ1n) is 6.97. The second kappa shape index (κ2) is 6.20. The topological polar surface area (TPSA) is 29.9 Å². The molecule has 0 aromatic carbocycles. The summed E-state index contributed by atoms with van der Waals surface area (Å²) in [4.78, 5) is 0. The molecule has 0 aliphatic heterocycles. The number of hydrogen-bond donors (Lipinski definition) is 1. The van der Waals surface area contributed by atoms with E-state index in [4.69, 9.17) is 0 Å². The van der Waals surface area contributed by atoms with Crippen LogP contribution in [0.15, 0.2) is 12.3 Å². The Balaban J connectivity index is 1.69. The Morgan fingerprint density at radius 2 is 2.18 bits per heavy atom. The summed E-state index contributed by atoms with van der Waals surface area (Å²) in [6, 6.07) is 2.77. The van der Waals surface area contributed by atoms with Crippen LogP contribution in [0, 0.1) is 5.92 Å². The molecule has 0 saturated heterocycles. The van der Waals surface area contributed by atoms with E-state index in [1.165, 1.54) is 37.8 Å². The van der Waals surface area contributed by atoms with Gasteiger partial charge in [-0.2, -0.15) is 5.10 Å². The summed E-state index contributed by atoms with van der Waals surface area (Å²) in [6.45, 7) is 3.41. The molecule has 1 N–H and O–H groups in total. The predicted molar refractivity (Wildman–Crippen MR) is 71.0 cm³/mol. The minimum Gasteiger partial charge on any atom is -0.314 e. The number of aromatic nitrogens is 2. The van der Waals surface area contributed by atoms with Gasteiger partial charge in [-0.3, -0.25) is 4.68 Å². The summed E-state index contributed by atoms with van der Waals surface area (Å²) in [5, 5.41) is 7.87. The molecule has 3 nitrogen and oxygen atoms in total. The molecule has 1 heterocycles. The van der Waals surface area contributed by atoms with Gasteiger partial charge in [0.2, 0.25) is 0 Å². The summed E-state index contributed by atoms with van der Waals surface area (Å²) in [5.74, 6) is 0.898. The highest BCUT2D eigenvalue weighted by Crippen LogP contribution is 2.26. The van der Waals surface area contributed by atoms with Crippen molar-refractivity contribution >= 4 is 0 Å². The first-order valence-corrected chi connectivity index (χ1v) is 6.97. The fourth-order valence-corrected chi connectivity index (χ4v) is 2.88. The van der Waals surface area contributed by atoms with Crippen molar-refractivity contribution < 1.29 is 0 Å². The lowest BCUT2D eigenvalue weighted by molar-refractivity contribution is 0.282. The van der Waals surface area contributed by atoms with Crippen molar-refractivity contribution in [3.05, 3.63) is 18.0 Å². The van der Waals surface area contributed by atoms with E-state index in [9.17, 15) is 0 Å². The molecule has 2 rings (SSSR count). The molecule has 1 atom stereocenters. The first-order chi connectivity index (χ1) is 8.27. The Morgan fingerprint density at radius 1 is 1.41 bits per heavy atom. The molecule has 17 heavy (non-hydrogen) atoms. The third-order valence-electron chi connectivity index (χ3n) is 4.13. The van der Waals surface area contributed by atoms with E-state index in [2.05, 4.69) is 23.4 Å². The lowest BCUT2D eigenvalue weighted by Gasteiger charge is -2.28. The Kier molecular flexibility index (Phi) is 4.60. The number of aryl methyl sites for hydroxylation is 1. The number of nitrogens with zero attached hydrogens (tertiary/aromatic N) is 2. The summed E-state index contributed by atoms with van der Waals surface area (Å²) in [7, 11) is 2.01. The van der Waals surface area contributed by atoms with Crippen molar-refractivity contribution in [1.29, 1.82) is 0 Å². The van der Waals surface area contributed by atoms with Crippen LogP contribution in [-0.2, 0) is 13.5 Å². The van der Waals surface area contributed by atoms with Gasteiger partial charge in [-0.25, -0.2) is 0 Å². The molecule has 1 aromatic heterocycles. The molecule has 1 aliphatic carbocycles. The zero-order valence-corrected chi connectivity index (χ0v) is 11.2. The highest BCUT2D eigenvalue weighted by atomic mass is 15.3. The van der Waals surface area contributed by atoms with Crippen molar-refractivity contribution in [1.82, 2.24) is 15.1 Å². The standard InChI is InChI=1S/C14H25N3/c1-12(13-6-4-3-5-7-13)15-10-8-14-9-11-16-17(14)2/h9,11-13,15H,3-8,10H2,1-2H3/t12-/m1/s1. The van der Waals surface area contributed by atoms with E-state index in [1.807, 2.05) is 17.9 Å². The minimum atomic E-state index is 0.670. The molecular weight excluding hydrogens is 210 g/mol. The molecule has 1 fully saturated rings. The second-order valence-electron chi connectivity index (χ2n) is 5.34. The fourth-order valence-electron chi connectivity index (χ4n) is 2.88. The number of rotatable bonds is 5. The van der Waals surface area contributed by atoms with Gasteiger partial charge in [0.05, 0.1) is 0 Å². The molecule has 0 radical (unpaired) electrons. The summed E-state index contributed by atoms with van der Waals surface area (Å²) < 4.78 is 1.97. The third kappa shape index (κ3) is 3.56. The van der Waals surface area contributed by atoms with Gasteiger partial charge in [-0.15, -0.1) is 0 Å². The van der Waals surface area contributed by atoms with E-state index in [-0.39, 0.29) is 0 Å². The predicted octanol–water partition coefficient (Wildman–Crippen LogP) is 2.52. The van der Waals surface area contributed by atoms with E-state index < -0.39 is 0 Å². The Morgan fingerprint density at radius 3 is 2.82 bits per heavy atom. The van der Waals surface area contributed by atoms with Gasteiger partial charge in [-0.05, 0) is 31.7 Å². The highest BCUT2D eigenvalue weighted by Gasteiger charge is 2.19. The lowest BCUT2D eigenvalue weighted by Crippen LogP contribution is -2.36. The van der Waals surface area contributed by atoms with Crippen molar-refractivity contribution in [2.45, 2.75) is 51.5 Å². The Bertz CT molecular complexity index is 326. The Labute approximate surface area is 105 Å². The Hall–Kier alpha value is -0.830. The maximum absolute atomic E-state index is 4.19. The molecule has 0 unspecified atom stereocenters. The van der Waals surface area contributed by atoms with Gasteiger partial charge >= 0.3 is 0 Å². The molecule has 1 saturated carbocycles. The van der Waals surface area contributed by atoms with Gasteiger partial charge in [-0.1, -0.05) is 19.3 Å². The zero-order valence-electron chi connectivity index (χ0n) is 11.2. The van der Waals surface area contributed by atoms with Gasteiger partial charge in [0, 0.05) is 37.9 Å². The van der Waals surface area contributed by atoms with Crippen molar-refractivity contribution in [3.8, 4) is 0 Å². The SMILES string of the molecule is C[C@@H](NCCc1ccnn1C)C1CCCCC1. The smallest absolute Gasteiger partial charge is 0.0492 e. The monoisotopic (exact) mass is 235 g/mol. The molecule has 3 heteroatoms. The zero-order chi connectivity index (χ0) is 12.1. The molecule has 0 spiro atoms. The number of nitrogens with one attached hydrogen (secondary N) is 1. The summed E-state index contributed by atoms with van der Waals surface area (Å²) in [5.41, 5.74) is 1.31. The summed E-state index contributed by atoms with van der Waals surface area (Å²) in [6.07, 6.45) is 10.1.